The van der Waals surface area contributed by atoms with Crippen LogP contribution in [0, 0.1) is 13.8 Å². The molecule has 0 spiro atoms. The van der Waals surface area contributed by atoms with Crippen molar-refractivity contribution in [1.82, 2.24) is 29.6 Å². The van der Waals surface area contributed by atoms with Crippen LogP contribution in [0.3, 0.4) is 0 Å². The maximum atomic E-state index is 12.9. The second-order valence-corrected chi connectivity index (χ2v) is 8.52. The average Bonchev–Trinajstić information content (AvgIpc) is 3.46. The number of rotatable bonds is 3. The van der Waals surface area contributed by atoms with Gasteiger partial charge in [-0.3, -0.25) is 9.59 Å². The highest BCUT2D eigenvalue weighted by molar-refractivity contribution is 7.12. The SMILES string of the molecule is Cc1cn2nc(-c3nc(C4CCCN(C(=O)c5sccc5C)C4)no3)cc2c(=O)[nH]1. The predicted molar refractivity (Wildman–Crippen MR) is 111 cm³/mol. The van der Waals surface area contributed by atoms with E-state index in [0.717, 1.165) is 29.8 Å². The van der Waals surface area contributed by atoms with Crippen molar-refractivity contribution < 1.29 is 9.32 Å². The summed E-state index contributed by atoms with van der Waals surface area (Å²) in [6.07, 6.45) is 3.50. The number of nitrogens with one attached hydrogen (secondary N) is 1. The van der Waals surface area contributed by atoms with E-state index in [1.54, 1.807) is 19.2 Å². The van der Waals surface area contributed by atoms with Gasteiger partial charge in [-0.15, -0.1) is 11.3 Å². The number of likely N-dealkylation sites (tertiary alicyclic amines) is 1. The fraction of sp³-hybridized carbons (Fsp3) is 0.350. The third-order valence-electron chi connectivity index (χ3n) is 5.39. The highest BCUT2D eigenvalue weighted by Crippen LogP contribution is 2.29. The highest BCUT2D eigenvalue weighted by atomic mass is 32.1. The van der Waals surface area contributed by atoms with Crippen molar-refractivity contribution in [2.75, 3.05) is 13.1 Å². The van der Waals surface area contributed by atoms with Gasteiger partial charge in [-0.25, -0.2) is 4.52 Å². The molecule has 5 rings (SSSR count). The van der Waals surface area contributed by atoms with Crippen LogP contribution in [0.25, 0.3) is 17.1 Å². The van der Waals surface area contributed by atoms with Crippen molar-refractivity contribution >= 4 is 22.8 Å². The number of aromatic nitrogens is 5. The molecule has 9 nitrogen and oxygen atoms in total. The minimum Gasteiger partial charge on any atom is -0.337 e. The van der Waals surface area contributed by atoms with E-state index in [1.165, 1.54) is 15.9 Å². The lowest BCUT2D eigenvalue weighted by atomic mass is 9.97. The van der Waals surface area contributed by atoms with Gasteiger partial charge in [0.15, 0.2) is 11.5 Å². The van der Waals surface area contributed by atoms with Crippen LogP contribution < -0.4 is 5.56 Å². The Kier molecular flexibility index (Phi) is 4.50. The number of H-pyrrole nitrogens is 1. The Bertz CT molecular complexity index is 1300. The molecule has 4 aromatic heterocycles. The lowest BCUT2D eigenvalue weighted by Crippen LogP contribution is -2.39. The topological polar surface area (TPSA) is 109 Å². The molecule has 0 aromatic carbocycles. The first-order valence-electron chi connectivity index (χ1n) is 9.76. The largest absolute Gasteiger partial charge is 0.337 e. The van der Waals surface area contributed by atoms with Crippen LogP contribution in [-0.4, -0.2) is 48.6 Å². The quantitative estimate of drug-likeness (QED) is 0.542. The molecular formula is C20H20N6O3S. The number of amides is 1. The van der Waals surface area contributed by atoms with Crippen molar-refractivity contribution in [1.29, 1.82) is 0 Å². The Balaban J connectivity index is 1.39. The molecule has 1 aliphatic heterocycles. The number of nitrogens with zero attached hydrogens (tertiary/aromatic N) is 5. The molecule has 0 saturated carbocycles. The summed E-state index contributed by atoms with van der Waals surface area (Å²) in [6.45, 7) is 5.03. The van der Waals surface area contributed by atoms with Crippen LogP contribution in [0.4, 0.5) is 0 Å². The zero-order valence-corrected chi connectivity index (χ0v) is 17.4. The molecule has 0 radical (unpaired) electrons. The fourth-order valence-corrected chi connectivity index (χ4v) is 4.73. The van der Waals surface area contributed by atoms with Gasteiger partial charge >= 0.3 is 0 Å². The number of carbonyl (C=O) groups is 1. The molecule has 4 aromatic rings. The molecule has 1 aliphatic rings. The summed E-state index contributed by atoms with van der Waals surface area (Å²) in [5, 5.41) is 10.5. The van der Waals surface area contributed by atoms with E-state index in [9.17, 15) is 9.59 Å². The summed E-state index contributed by atoms with van der Waals surface area (Å²) in [4.78, 5) is 34.9. The van der Waals surface area contributed by atoms with Gasteiger partial charge in [0.1, 0.15) is 5.52 Å². The summed E-state index contributed by atoms with van der Waals surface area (Å²) < 4.78 is 6.95. The smallest absolute Gasteiger partial charge is 0.278 e. The second-order valence-electron chi connectivity index (χ2n) is 7.61. The standard InChI is InChI=1S/C20H20N6O3S/c1-11-5-7-30-16(11)20(28)25-6-3-4-13(10-25)17-22-19(29-24-17)14-8-15-18(27)21-12(2)9-26(15)23-14/h5,7-9,13H,3-4,6,10H2,1-2H3,(H,21,27). The Morgan fingerprint density at radius 3 is 3.03 bits per heavy atom. The number of aryl methyl sites for hydroxylation is 2. The second kappa shape index (κ2) is 7.21. The molecule has 1 fully saturated rings. The van der Waals surface area contributed by atoms with Gasteiger partial charge in [0.05, 0.1) is 4.88 Å². The van der Waals surface area contributed by atoms with Gasteiger partial charge in [-0.05, 0) is 43.7 Å². The van der Waals surface area contributed by atoms with E-state index in [0.29, 0.717) is 29.3 Å². The van der Waals surface area contributed by atoms with Crippen molar-refractivity contribution in [3.8, 4) is 11.6 Å². The molecule has 0 bridgehead atoms. The summed E-state index contributed by atoms with van der Waals surface area (Å²) in [5.41, 5.74) is 2.35. The number of carbonyl (C=O) groups excluding carboxylic acids is 1. The molecule has 154 valence electrons. The van der Waals surface area contributed by atoms with Gasteiger partial charge in [0, 0.05) is 37.0 Å². The molecule has 5 heterocycles. The van der Waals surface area contributed by atoms with Gasteiger partial charge in [0.2, 0.25) is 0 Å². The Morgan fingerprint density at radius 2 is 2.23 bits per heavy atom. The first-order chi connectivity index (χ1) is 14.5. The molecule has 30 heavy (non-hydrogen) atoms. The lowest BCUT2D eigenvalue weighted by Gasteiger charge is -2.31. The first-order valence-corrected chi connectivity index (χ1v) is 10.6. The molecule has 1 saturated heterocycles. The van der Waals surface area contributed by atoms with E-state index in [-0.39, 0.29) is 23.3 Å². The van der Waals surface area contributed by atoms with Gasteiger partial charge in [-0.2, -0.15) is 10.1 Å². The summed E-state index contributed by atoms with van der Waals surface area (Å²) in [6, 6.07) is 3.60. The zero-order valence-electron chi connectivity index (χ0n) is 16.6. The lowest BCUT2D eigenvalue weighted by molar-refractivity contribution is 0.0708. The van der Waals surface area contributed by atoms with E-state index in [4.69, 9.17) is 4.52 Å². The number of hydrogen-bond acceptors (Lipinski definition) is 7. The molecular weight excluding hydrogens is 404 g/mol. The van der Waals surface area contributed by atoms with Crippen molar-refractivity contribution in [3.05, 3.63) is 56.0 Å². The van der Waals surface area contributed by atoms with Crippen LogP contribution >= 0.6 is 11.3 Å². The first kappa shape index (κ1) is 18.7. The van der Waals surface area contributed by atoms with Crippen LogP contribution in [0.15, 0.2) is 33.0 Å². The molecule has 1 atom stereocenters. The summed E-state index contributed by atoms with van der Waals surface area (Å²) in [5.74, 6) is 0.893. The van der Waals surface area contributed by atoms with Crippen LogP contribution in [0.1, 0.15) is 45.5 Å². The normalized spacial score (nSPS) is 17.0. The Hall–Kier alpha value is -3.27. The average molecular weight is 424 g/mol. The molecule has 1 amide bonds. The number of aromatic amines is 1. The van der Waals surface area contributed by atoms with E-state index in [2.05, 4.69) is 20.2 Å². The Morgan fingerprint density at radius 1 is 1.37 bits per heavy atom. The van der Waals surface area contributed by atoms with Gasteiger partial charge in [0.25, 0.3) is 17.4 Å². The fourth-order valence-electron chi connectivity index (χ4n) is 3.84. The van der Waals surface area contributed by atoms with Gasteiger partial charge in [-0.1, -0.05) is 5.16 Å². The van der Waals surface area contributed by atoms with Crippen molar-refractivity contribution in [3.63, 3.8) is 0 Å². The third-order valence-corrected chi connectivity index (χ3v) is 6.39. The number of piperidine rings is 1. The molecule has 1 unspecified atom stereocenters. The predicted octanol–water partition coefficient (Wildman–Crippen LogP) is 2.77. The summed E-state index contributed by atoms with van der Waals surface area (Å²) in [7, 11) is 0. The molecule has 0 aliphatic carbocycles. The van der Waals surface area contributed by atoms with Crippen molar-refractivity contribution in [2.45, 2.75) is 32.6 Å². The van der Waals surface area contributed by atoms with E-state index < -0.39 is 0 Å². The monoisotopic (exact) mass is 424 g/mol. The maximum absolute atomic E-state index is 12.9. The maximum Gasteiger partial charge on any atom is 0.278 e. The van der Waals surface area contributed by atoms with Crippen LogP contribution in [0.5, 0.6) is 0 Å². The third kappa shape index (κ3) is 3.22. The van der Waals surface area contributed by atoms with Crippen molar-refractivity contribution in [2.24, 2.45) is 0 Å². The van der Waals surface area contributed by atoms with Crippen LogP contribution in [-0.2, 0) is 0 Å². The Labute approximate surface area is 175 Å². The number of hydrogen-bond donors (Lipinski definition) is 1. The highest BCUT2D eigenvalue weighted by Gasteiger charge is 2.30. The molecule has 1 N–H and O–H groups in total. The number of fused-ring (bicyclic) bond motifs is 1. The van der Waals surface area contributed by atoms with Gasteiger partial charge < -0.3 is 14.4 Å². The van der Waals surface area contributed by atoms with Crippen LogP contribution in [0.2, 0.25) is 0 Å². The minimum absolute atomic E-state index is 0.00291. The van der Waals surface area contributed by atoms with E-state index >= 15 is 0 Å². The van der Waals surface area contributed by atoms with E-state index in [1.807, 2.05) is 23.3 Å². The molecule has 10 heteroatoms. The summed E-state index contributed by atoms with van der Waals surface area (Å²) >= 11 is 1.47. The minimum atomic E-state index is -0.223. The number of thiophene rings is 1. The zero-order chi connectivity index (χ0) is 20.8.